The molecule has 2 aromatic rings. The molecule has 24 heavy (non-hydrogen) atoms. The molecular formula is C16H25N7O. The van der Waals surface area contributed by atoms with Crippen molar-refractivity contribution < 1.29 is 4.79 Å². The minimum Gasteiger partial charge on any atom is -0.310 e. The first-order chi connectivity index (χ1) is 11.7. The van der Waals surface area contributed by atoms with Gasteiger partial charge in [-0.25, -0.2) is 9.67 Å². The molecule has 0 radical (unpaired) electrons. The molecule has 3 heterocycles. The van der Waals surface area contributed by atoms with Gasteiger partial charge in [0.05, 0.1) is 12.7 Å². The molecule has 0 aromatic carbocycles. The monoisotopic (exact) mass is 331 g/mol. The molecular weight excluding hydrogens is 306 g/mol. The zero-order valence-electron chi connectivity index (χ0n) is 14.1. The third-order valence-corrected chi connectivity index (χ3v) is 4.30. The van der Waals surface area contributed by atoms with Gasteiger partial charge in [-0.1, -0.05) is 6.92 Å². The topological polar surface area (TPSA) is 80.9 Å². The van der Waals surface area contributed by atoms with Crippen LogP contribution >= 0.6 is 0 Å². The second-order valence-electron chi connectivity index (χ2n) is 6.35. The van der Waals surface area contributed by atoms with Crippen molar-refractivity contribution in [3.05, 3.63) is 24.9 Å². The number of amides is 1. The van der Waals surface area contributed by atoms with Crippen molar-refractivity contribution >= 4 is 11.7 Å². The summed E-state index contributed by atoms with van der Waals surface area (Å²) in [5, 5.41) is 11.4. The molecule has 3 rings (SSSR count). The lowest BCUT2D eigenvalue weighted by Crippen LogP contribution is -2.41. The first-order valence-corrected chi connectivity index (χ1v) is 8.61. The van der Waals surface area contributed by atoms with Gasteiger partial charge in [0, 0.05) is 25.7 Å². The molecule has 0 spiro atoms. The number of hydrogen-bond acceptors (Lipinski definition) is 5. The Kier molecular flexibility index (Phi) is 5.58. The van der Waals surface area contributed by atoms with E-state index in [9.17, 15) is 4.79 Å². The van der Waals surface area contributed by atoms with Gasteiger partial charge in [0.25, 0.3) is 0 Å². The Balaban J connectivity index is 1.49. The Labute approximate surface area is 141 Å². The maximum atomic E-state index is 12.3. The lowest BCUT2D eigenvalue weighted by Gasteiger charge is -2.32. The third kappa shape index (κ3) is 4.41. The fourth-order valence-corrected chi connectivity index (χ4v) is 3.25. The average Bonchev–Trinajstić information content (AvgIpc) is 3.21. The fourth-order valence-electron chi connectivity index (χ4n) is 3.25. The molecule has 0 unspecified atom stereocenters. The van der Waals surface area contributed by atoms with E-state index < -0.39 is 0 Å². The van der Waals surface area contributed by atoms with E-state index in [4.69, 9.17) is 0 Å². The predicted molar refractivity (Wildman–Crippen MR) is 90.3 cm³/mol. The maximum absolute atomic E-state index is 12.3. The van der Waals surface area contributed by atoms with Gasteiger partial charge in [-0.2, -0.15) is 10.2 Å². The predicted octanol–water partition coefficient (Wildman–Crippen LogP) is 1.24. The van der Waals surface area contributed by atoms with Crippen LogP contribution in [0.5, 0.6) is 0 Å². The number of nitrogens with one attached hydrogen (secondary N) is 1. The van der Waals surface area contributed by atoms with E-state index in [2.05, 4.69) is 32.3 Å². The Morgan fingerprint density at radius 1 is 1.42 bits per heavy atom. The molecule has 1 saturated heterocycles. The van der Waals surface area contributed by atoms with Gasteiger partial charge in [-0.3, -0.25) is 14.4 Å². The molecule has 1 N–H and O–H groups in total. The van der Waals surface area contributed by atoms with Gasteiger partial charge in [0.15, 0.2) is 0 Å². The number of carbonyl (C=O) groups is 1. The summed E-state index contributed by atoms with van der Waals surface area (Å²) in [5.74, 6) is 1.31. The van der Waals surface area contributed by atoms with Crippen molar-refractivity contribution in [3.8, 4) is 0 Å². The van der Waals surface area contributed by atoms with Crippen molar-refractivity contribution in [1.82, 2.24) is 29.4 Å². The number of likely N-dealkylation sites (tertiary alicyclic amines) is 1. The molecule has 130 valence electrons. The van der Waals surface area contributed by atoms with Crippen LogP contribution in [-0.4, -0.2) is 55.0 Å². The molecule has 1 fully saturated rings. The van der Waals surface area contributed by atoms with E-state index in [0.717, 1.165) is 44.8 Å². The normalized spacial score (nSPS) is 18.6. The van der Waals surface area contributed by atoms with Gasteiger partial charge in [-0.15, -0.1) is 0 Å². The van der Waals surface area contributed by atoms with E-state index in [1.54, 1.807) is 18.9 Å². The Bertz CT molecular complexity index is 637. The summed E-state index contributed by atoms with van der Waals surface area (Å²) in [7, 11) is 0. The summed E-state index contributed by atoms with van der Waals surface area (Å²) in [6.45, 7) is 6.08. The lowest BCUT2D eigenvalue weighted by molar-refractivity contribution is -0.117. The van der Waals surface area contributed by atoms with Crippen LogP contribution in [0.15, 0.2) is 24.9 Å². The lowest BCUT2D eigenvalue weighted by atomic mass is 9.98. The molecule has 0 saturated carbocycles. The quantitative estimate of drug-likeness (QED) is 0.825. The SMILES string of the molecule is CCCn1nccc1NC(=O)CN1CCC[C@H](Cn2cncn2)C1. The molecule has 8 nitrogen and oxygen atoms in total. The van der Waals surface area contributed by atoms with Gasteiger partial charge in [-0.05, 0) is 31.7 Å². The first kappa shape index (κ1) is 16.6. The summed E-state index contributed by atoms with van der Waals surface area (Å²) in [4.78, 5) is 18.5. The average molecular weight is 331 g/mol. The number of anilines is 1. The van der Waals surface area contributed by atoms with Gasteiger partial charge in [0.2, 0.25) is 5.91 Å². The van der Waals surface area contributed by atoms with Crippen LogP contribution in [0.2, 0.25) is 0 Å². The van der Waals surface area contributed by atoms with Crippen LogP contribution in [0, 0.1) is 5.92 Å². The number of hydrogen-bond donors (Lipinski definition) is 1. The van der Waals surface area contributed by atoms with Crippen molar-refractivity contribution in [1.29, 1.82) is 0 Å². The third-order valence-electron chi connectivity index (χ3n) is 4.30. The molecule has 0 bridgehead atoms. The summed E-state index contributed by atoms with van der Waals surface area (Å²) < 4.78 is 3.71. The van der Waals surface area contributed by atoms with E-state index in [-0.39, 0.29) is 5.91 Å². The zero-order chi connectivity index (χ0) is 16.8. The highest BCUT2D eigenvalue weighted by Crippen LogP contribution is 2.18. The van der Waals surface area contributed by atoms with Crippen LogP contribution in [0.1, 0.15) is 26.2 Å². The summed E-state index contributed by atoms with van der Waals surface area (Å²) in [5.41, 5.74) is 0. The van der Waals surface area contributed by atoms with Gasteiger partial charge < -0.3 is 5.32 Å². The molecule has 2 aromatic heterocycles. The van der Waals surface area contributed by atoms with E-state index >= 15 is 0 Å². The minimum atomic E-state index is 0.0225. The van der Waals surface area contributed by atoms with Gasteiger partial charge in [0.1, 0.15) is 18.5 Å². The number of aryl methyl sites for hydroxylation is 1. The largest absolute Gasteiger partial charge is 0.310 e. The Hall–Kier alpha value is -2.22. The smallest absolute Gasteiger partial charge is 0.239 e. The van der Waals surface area contributed by atoms with Crippen molar-refractivity contribution in [2.75, 3.05) is 25.0 Å². The first-order valence-electron chi connectivity index (χ1n) is 8.61. The van der Waals surface area contributed by atoms with Crippen LogP contribution in [0.3, 0.4) is 0 Å². The number of nitrogens with zero attached hydrogens (tertiary/aromatic N) is 6. The zero-order valence-corrected chi connectivity index (χ0v) is 14.1. The number of rotatable bonds is 7. The summed E-state index contributed by atoms with van der Waals surface area (Å²) >= 11 is 0. The Morgan fingerprint density at radius 2 is 2.33 bits per heavy atom. The van der Waals surface area contributed by atoms with Crippen LogP contribution < -0.4 is 5.32 Å². The molecule has 8 heteroatoms. The maximum Gasteiger partial charge on any atom is 0.239 e. The van der Waals surface area contributed by atoms with E-state index in [1.165, 1.54) is 6.42 Å². The number of aromatic nitrogens is 5. The minimum absolute atomic E-state index is 0.0225. The molecule has 1 aliphatic heterocycles. The summed E-state index contributed by atoms with van der Waals surface area (Å²) in [6, 6.07) is 1.84. The standard InChI is InChI=1S/C16H25N7O/c1-2-7-23-15(5-6-18-23)20-16(24)11-21-8-3-4-14(9-21)10-22-13-17-12-19-22/h5-6,12-14H,2-4,7-11H2,1H3,(H,20,24)/t14-/m0/s1. The number of piperidine rings is 1. The van der Waals surface area contributed by atoms with Crippen molar-refractivity contribution in [2.24, 2.45) is 5.92 Å². The Morgan fingerprint density at radius 3 is 3.12 bits per heavy atom. The fraction of sp³-hybridized carbons (Fsp3) is 0.625. The second-order valence-corrected chi connectivity index (χ2v) is 6.35. The van der Waals surface area contributed by atoms with Crippen LogP contribution in [0.25, 0.3) is 0 Å². The highest BCUT2D eigenvalue weighted by atomic mass is 16.2. The van der Waals surface area contributed by atoms with Crippen LogP contribution in [-0.2, 0) is 17.9 Å². The highest BCUT2D eigenvalue weighted by molar-refractivity contribution is 5.91. The number of carbonyl (C=O) groups excluding carboxylic acids is 1. The van der Waals surface area contributed by atoms with E-state index in [1.807, 2.05) is 15.4 Å². The molecule has 1 atom stereocenters. The van der Waals surface area contributed by atoms with E-state index in [0.29, 0.717) is 12.5 Å². The second kappa shape index (κ2) is 8.05. The van der Waals surface area contributed by atoms with Gasteiger partial charge >= 0.3 is 0 Å². The van der Waals surface area contributed by atoms with Crippen molar-refractivity contribution in [2.45, 2.75) is 39.3 Å². The summed E-state index contributed by atoms with van der Waals surface area (Å²) in [6.07, 6.45) is 8.30. The molecule has 1 amide bonds. The molecule has 0 aliphatic carbocycles. The van der Waals surface area contributed by atoms with Crippen molar-refractivity contribution in [3.63, 3.8) is 0 Å². The highest BCUT2D eigenvalue weighted by Gasteiger charge is 2.22. The molecule has 1 aliphatic rings. The van der Waals surface area contributed by atoms with Crippen LogP contribution in [0.4, 0.5) is 5.82 Å².